The molecule has 0 fully saturated rings. The first-order valence-corrected chi connectivity index (χ1v) is 10.3. The zero-order valence-electron chi connectivity index (χ0n) is 17.4. The molecule has 0 aliphatic carbocycles. The Balaban J connectivity index is 1.54. The molecule has 4 rings (SSSR count). The number of fused-ring (bicyclic) bond motifs is 2. The number of carboxylic acid groups (broad SMARTS) is 2. The van der Waals surface area contributed by atoms with Gasteiger partial charge in [-0.3, -0.25) is 0 Å². The number of ether oxygens (including phenoxy) is 2. The Kier molecular flexibility index (Phi) is 5.94. The lowest BCUT2D eigenvalue weighted by Crippen LogP contribution is -2.23. The first kappa shape index (κ1) is 21.2. The van der Waals surface area contributed by atoms with Crippen molar-refractivity contribution in [3.63, 3.8) is 0 Å². The van der Waals surface area contributed by atoms with Crippen LogP contribution in [0.3, 0.4) is 0 Å². The van der Waals surface area contributed by atoms with Crippen molar-refractivity contribution in [3.8, 4) is 11.5 Å². The van der Waals surface area contributed by atoms with Gasteiger partial charge in [0.1, 0.15) is 11.5 Å². The molecule has 6 nitrogen and oxygen atoms in total. The Morgan fingerprint density at radius 3 is 1.50 bits per heavy atom. The van der Waals surface area contributed by atoms with Crippen LogP contribution in [-0.2, 0) is 0 Å². The summed E-state index contributed by atoms with van der Waals surface area (Å²) in [7, 11) is 0. The van der Waals surface area contributed by atoms with Crippen LogP contribution in [-0.4, -0.2) is 28.4 Å². The molecular formula is C26H22O6. The lowest BCUT2D eigenvalue weighted by Gasteiger charge is -2.21. The Morgan fingerprint density at radius 2 is 1.09 bits per heavy atom. The summed E-state index contributed by atoms with van der Waals surface area (Å²) in [6, 6.07) is 20.9. The van der Waals surface area contributed by atoms with E-state index >= 15 is 0 Å². The molecule has 0 unspecified atom stereocenters. The van der Waals surface area contributed by atoms with Crippen LogP contribution in [0.15, 0.2) is 72.8 Å². The maximum absolute atomic E-state index is 11.2. The van der Waals surface area contributed by atoms with Crippen LogP contribution in [0.2, 0.25) is 0 Å². The standard InChI is InChI=1S/C26H22O6/c1-2-3-24(31-22-10-8-16-12-20(25(27)28)6-4-18(16)14-22)32-23-11-9-17-13-21(26(29)30)7-5-19(17)15-23/h4-15,24H,2-3H2,1H3,(H,27,28)(H,29,30). The summed E-state index contributed by atoms with van der Waals surface area (Å²) in [5.41, 5.74) is 0.482. The number of hydrogen-bond acceptors (Lipinski definition) is 4. The summed E-state index contributed by atoms with van der Waals surface area (Å²) < 4.78 is 12.2. The fraction of sp³-hybridized carbons (Fsp3) is 0.154. The number of carbonyl (C=O) groups is 2. The first-order valence-electron chi connectivity index (χ1n) is 10.3. The molecular weight excluding hydrogens is 408 g/mol. The van der Waals surface area contributed by atoms with Crippen molar-refractivity contribution in [1.29, 1.82) is 0 Å². The van der Waals surface area contributed by atoms with Gasteiger partial charge in [-0.25, -0.2) is 9.59 Å². The Hall–Kier alpha value is -4.06. The van der Waals surface area contributed by atoms with Gasteiger partial charge in [-0.15, -0.1) is 0 Å². The molecule has 0 radical (unpaired) electrons. The zero-order chi connectivity index (χ0) is 22.7. The number of rotatable bonds is 8. The van der Waals surface area contributed by atoms with E-state index in [-0.39, 0.29) is 11.1 Å². The molecule has 162 valence electrons. The Labute approximate surface area is 184 Å². The van der Waals surface area contributed by atoms with Crippen molar-refractivity contribution >= 4 is 33.5 Å². The van der Waals surface area contributed by atoms with Crippen molar-refractivity contribution in [2.75, 3.05) is 0 Å². The van der Waals surface area contributed by atoms with E-state index in [9.17, 15) is 9.59 Å². The van der Waals surface area contributed by atoms with Gasteiger partial charge in [0.2, 0.25) is 6.29 Å². The van der Waals surface area contributed by atoms with Crippen LogP contribution < -0.4 is 9.47 Å². The van der Waals surface area contributed by atoms with Crippen LogP contribution >= 0.6 is 0 Å². The highest BCUT2D eigenvalue weighted by atomic mass is 16.7. The normalized spacial score (nSPS) is 11.1. The van der Waals surface area contributed by atoms with E-state index in [1.165, 1.54) is 0 Å². The van der Waals surface area contributed by atoms with Crippen LogP contribution in [0, 0.1) is 0 Å². The average Bonchev–Trinajstić information content (AvgIpc) is 2.78. The van der Waals surface area contributed by atoms with Gasteiger partial charge in [0.25, 0.3) is 0 Å². The molecule has 0 aliphatic heterocycles. The fourth-order valence-corrected chi connectivity index (χ4v) is 3.54. The fourth-order valence-electron chi connectivity index (χ4n) is 3.54. The topological polar surface area (TPSA) is 93.1 Å². The third-order valence-corrected chi connectivity index (χ3v) is 5.18. The van der Waals surface area contributed by atoms with Crippen LogP contribution in [0.1, 0.15) is 40.5 Å². The molecule has 0 atom stereocenters. The lowest BCUT2D eigenvalue weighted by molar-refractivity contribution is -0.000837. The molecule has 0 saturated heterocycles. The summed E-state index contributed by atoms with van der Waals surface area (Å²) in [6.45, 7) is 2.04. The predicted octanol–water partition coefficient (Wildman–Crippen LogP) is 5.97. The number of hydrogen-bond donors (Lipinski definition) is 2. The van der Waals surface area contributed by atoms with Gasteiger partial charge in [0.05, 0.1) is 11.1 Å². The second-order valence-corrected chi connectivity index (χ2v) is 7.51. The second kappa shape index (κ2) is 8.98. The van der Waals surface area contributed by atoms with Gasteiger partial charge >= 0.3 is 11.9 Å². The van der Waals surface area contributed by atoms with Gasteiger partial charge in [0, 0.05) is 6.42 Å². The van der Waals surface area contributed by atoms with Gasteiger partial charge < -0.3 is 19.7 Å². The first-order chi connectivity index (χ1) is 15.4. The van der Waals surface area contributed by atoms with Crippen molar-refractivity contribution in [2.24, 2.45) is 0 Å². The van der Waals surface area contributed by atoms with Gasteiger partial charge in [-0.1, -0.05) is 31.2 Å². The molecule has 0 aliphatic rings. The highest BCUT2D eigenvalue weighted by Crippen LogP contribution is 2.27. The Morgan fingerprint density at radius 1 is 0.688 bits per heavy atom. The van der Waals surface area contributed by atoms with Crippen LogP contribution in [0.5, 0.6) is 11.5 Å². The minimum Gasteiger partial charge on any atom is -0.478 e. The molecule has 32 heavy (non-hydrogen) atoms. The van der Waals surface area contributed by atoms with E-state index in [0.29, 0.717) is 17.9 Å². The van der Waals surface area contributed by atoms with E-state index in [1.807, 2.05) is 31.2 Å². The second-order valence-electron chi connectivity index (χ2n) is 7.51. The van der Waals surface area contributed by atoms with Crippen molar-refractivity contribution in [2.45, 2.75) is 26.1 Å². The van der Waals surface area contributed by atoms with E-state index in [2.05, 4.69) is 0 Å². The van der Waals surface area contributed by atoms with Crippen molar-refractivity contribution in [1.82, 2.24) is 0 Å². The molecule has 4 aromatic carbocycles. The van der Waals surface area contributed by atoms with Crippen molar-refractivity contribution < 1.29 is 29.3 Å². The summed E-state index contributed by atoms with van der Waals surface area (Å²) in [4.78, 5) is 22.3. The molecule has 0 bridgehead atoms. The lowest BCUT2D eigenvalue weighted by atomic mass is 10.1. The molecule has 4 aromatic rings. The molecule has 0 spiro atoms. The van der Waals surface area contributed by atoms with Crippen LogP contribution in [0.25, 0.3) is 21.5 Å². The molecule has 2 N–H and O–H groups in total. The van der Waals surface area contributed by atoms with E-state index in [4.69, 9.17) is 19.7 Å². The smallest absolute Gasteiger partial charge is 0.335 e. The summed E-state index contributed by atoms with van der Waals surface area (Å²) in [5, 5.41) is 21.7. The van der Waals surface area contributed by atoms with Crippen LogP contribution in [0.4, 0.5) is 0 Å². The molecule has 0 saturated carbocycles. The molecule has 0 amide bonds. The molecule has 6 heteroatoms. The molecule has 0 heterocycles. The number of carboxylic acids is 2. The highest BCUT2D eigenvalue weighted by Gasteiger charge is 2.13. The third kappa shape index (κ3) is 4.64. The summed E-state index contributed by atoms with van der Waals surface area (Å²) >= 11 is 0. The van der Waals surface area contributed by atoms with Gasteiger partial charge in [-0.05, 0) is 76.5 Å². The zero-order valence-corrected chi connectivity index (χ0v) is 17.4. The monoisotopic (exact) mass is 430 g/mol. The maximum Gasteiger partial charge on any atom is 0.335 e. The maximum atomic E-state index is 11.2. The van der Waals surface area contributed by atoms with Gasteiger partial charge in [-0.2, -0.15) is 0 Å². The molecule has 0 aromatic heterocycles. The minimum absolute atomic E-state index is 0.241. The third-order valence-electron chi connectivity index (χ3n) is 5.18. The summed E-state index contributed by atoms with van der Waals surface area (Å²) in [5.74, 6) is -0.659. The number of benzene rings is 4. The van der Waals surface area contributed by atoms with Gasteiger partial charge in [0.15, 0.2) is 0 Å². The van der Waals surface area contributed by atoms with E-state index < -0.39 is 18.2 Å². The Bertz CT molecular complexity index is 1210. The van der Waals surface area contributed by atoms with Crippen molar-refractivity contribution in [3.05, 3.63) is 83.9 Å². The SMILES string of the molecule is CCCC(Oc1ccc2cc(C(=O)O)ccc2c1)Oc1ccc2cc(C(=O)O)ccc2c1. The quantitative estimate of drug-likeness (QED) is 0.334. The highest BCUT2D eigenvalue weighted by molar-refractivity contribution is 5.95. The van der Waals surface area contributed by atoms with E-state index in [0.717, 1.165) is 28.0 Å². The van der Waals surface area contributed by atoms with E-state index in [1.54, 1.807) is 48.5 Å². The largest absolute Gasteiger partial charge is 0.478 e. The number of aromatic carboxylic acids is 2. The minimum atomic E-state index is -0.960. The average molecular weight is 430 g/mol. The predicted molar refractivity (Wildman–Crippen MR) is 122 cm³/mol. The summed E-state index contributed by atoms with van der Waals surface area (Å²) in [6.07, 6.45) is 1.02.